The summed E-state index contributed by atoms with van der Waals surface area (Å²) < 4.78 is 19.4. The Morgan fingerprint density at radius 2 is 1.69 bits per heavy atom. The summed E-state index contributed by atoms with van der Waals surface area (Å²) in [5, 5.41) is 3.74. The third-order valence-corrected chi connectivity index (χ3v) is 5.40. The van der Waals surface area contributed by atoms with Gasteiger partial charge in [-0.2, -0.15) is 0 Å². The third kappa shape index (κ3) is 4.15. The lowest BCUT2D eigenvalue weighted by atomic mass is 10.1. The predicted octanol–water partition coefficient (Wildman–Crippen LogP) is 4.58. The van der Waals surface area contributed by atoms with Crippen LogP contribution in [0.2, 0.25) is 0 Å². The van der Waals surface area contributed by atoms with Crippen LogP contribution in [0.5, 0.6) is 0 Å². The molecule has 6 nitrogen and oxygen atoms in total. The lowest BCUT2D eigenvalue weighted by Gasteiger charge is -2.28. The molecule has 0 amide bonds. The first-order chi connectivity index (χ1) is 15.7. The number of benzene rings is 3. The minimum absolute atomic E-state index is 0.0581. The summed E-state index contributed by atoms with van der Waals surface area (Å²) in [7, 11) is 0. The van der Waals surface area contributed by atoms with Gasteiger partial charge in [-0.15, -0.1) is 0 Å². The van der Waals surface area contributed by atoms with Crippen LogP contribution in [0.4, 0.5) is 21.6 Å². The van der Waals surface area contributed by atoms with E-state index < -0.39 is 5.82 Å². The van der Waals surface area contributed by atoms with Gasteiger partial charge in [0.25, 0.3) is 0 Å². The molecule has 1 aliphatic rings. The van der Waals surface area contributed by atoms with Crippen LogP contribution in [0.1, 0.15) is 16.2 Å². The Balaban J connectivity index is 1.49. The number of hydrogen-bond donors (Lipinski definition) is 1. The molecule has 1 aromatic heterocycles. The molecule has 1 N–H and O–H groups in total. The quantitative estimate of drug-likeness (QED) is 0.470. The summed E-state index contributed by atoms with van der Waals surface area (Å²) in [5.74, 6) is -0.243. The minimum Gasteiger partial charge on any atom is -0.378 e. The SMILES string of the molecule is O=C(c1ccccc1)c1nc(Nc2ccc(N3CCOCC3)cc2)c2cc(F)ccc2n1. The van der Waals surface area contributed by atoms with Gasteiger partial charge in [0, 0.05) is 35.4 Å². The Morgan fingerprint density at radius 1 is 0.938 bits per heavy atom. The summed E-state index contributed by atoms with van der Waals surface area (Å²) in [4.78, 5) is 24.0. The molecule has 160 valence electrons. The average molecular weight is 428 g/mol. The van der Waals surface area contributed by atoms with E-state index in [0.29, 0.717) is 22.3 Å². The monoisotopic (exact) mass is 428 g/mol. The summed E-state index contributed by atoms with van der Waals surface area (Å²) >= 11 is 0. The van der Waals surface area contributed by atoms with Gasteiger partial charge in [-0.25, -0.2) is 14.4 Å². The maximum Gasteiger partial charge on any atom is 0.230 e. The van der Waals surface area contributed by atoms with E-state index in [-0.39, 0.29) is 11.6 Å². The lowest BCUT2D eigenvalue weighted by molar-refractivity contribution is 0.103. The number of rotatable bonds is 5. The van der Waals surface area contributed by atoms with Crippen LogP contribution >= 0.6 is 0 Å². The van der Waals surface area contributed by atoms with Crippen LogP contribution in [0.3, 0.4) is 0 Å². The summed E-state index contributed by atoms with van der Waals surface area (Å²) in [6.07, 6.45) is 0. The standard InChI is InChI=1S/C25H21FN4O2/c26-18-6-11-22-21(16-18)24(29-25(28-22)23(31)17-4-2-1-3-5-17)27-19-7-9-20(10-8-19)30-12-14-32-15-13-30/h1-11,16H,12-15H2,(H,27,28,29). The third-order valence-electron chi connectivity index (χ3n) is 5.40. The number of aromatic nitrogens is 2. The molecule has 4 aromatic rings. The molecular weight excluding hydrogens is 407 g/mol. The highest BCUT2D eigenvalue weighted by Gasteiger charge is 2.17. The van der Waals surface area contributed by atoms with Crippen molar-refractivity contribution in [1.29, 1.82) is 0 Å². The Kier molecular flexibility index (Phi) is 5.47. The number of morpholine rings is 1. The normalized spacial score (nSPS) is 13.8. The molecule has 1 saturated heterocycles. The smallest absolute Gasteiger partial charge is 0.230 e. The van der Waals surface area contributed by atoms with E-state index in [1.807, 2.05) is 30.3 Å². The van der Waals surface area contributed by atoms with Crippen molar-refractivity contribution >= 4 is 33.9 Å². The zero-order chi connectivity index (χ0) is 21.9. The van der Waals surface area contributed by atoms with Crippen molar-refractivity contribution in [2.45, 2.75) is 0 Å². The topological polar surface area (TPSA) is 67.4 Å². The van der Waals surface area contributed by atoms with Crippen LogP contribution in [0.25, 0.3) is 10.9 Å². The fraction of sp³-hybridized carbons (Fsp3) is 0.160. The van der Waals surface area contributed by atoms with Gasteiger partial charge >= 0.3 is 0 Å². The van der Waals surface area contributed by atoms with Crippen LogP contribution in [0, 0.1) is 5.82 Å². The first-order valence-corrected chi connectivity index (χ1v) is 10.4. The molecule has 0 unspecified atom stereocenters. The molecule has 5 rings (SSSR count). The van der Waals surface area contributed by atoms with Crippen LogP contribution in [-0.2, 0) is 4.74 Å². The van der Waals surface area contributed by atoms with Crippen molar-refractivity contribution in [2.75, 3.05) is 36.5 Å². The zero-order valence-corrected chi connectivity index (χ0v) is 17.3. The number of nitrogens with zero attached hydrogens (tertiary/aromatic N) is 3. The summed E-state index contributed by atoms with van der Waals surface area (Å²) in [6, 6.07) is 21.0. The first-order valence-electron chi connectivity index (χ1n) is 10.4. The fourth-order valence-electron chi connectivity index (χ4n) is 3.73. The lowest BCUT2D eigenvalue weighted by Crippen LogP contribution is -2.36. The number of nitrogens with one attached hydrogen (secondary N) is 1. The maximum atomic E-state index is 14.0. The highest BCUT2D eigenvalue weighted by molar-refractivity contribution is 6.08. The van der Waals surface area contributed by atoms with Crippen molar-refractivity contribution in [3.63, 3.8) is 0 Å². The van der Waals surface area contributed by atoms with Gasteiger partial charge in [-0.3, -0.25) is 4.79 Å². The molecule has 1 fully saturated rings. The second-order valence-corrected chi connectivity index (χ2v) is 7.52. The molecule has 1 aliphatic heterocycles. The number of anilines is 3. The van der Waals surface area contributed by atoms with Gasteiger partial charge in [0.15, 0.2) is 0 Å². The highest BCUT2D eigenvalue weighted by atomic mass is 19.1. The first kappa shape index (κ1) is 20.1. The van der Waals surface area contributed by atoms with E-state index in [1.54, 1.807) is 30.3 Å². The van der Waals surface area contributed by atoms with Gasteiger partial charge in [0.05, 0.1) is 18.7 Å². The fourth-order valence-corrected chi connectivity index (χ4v) is 3.73. The maximum absolute atomic E-state index is 14.0. The van der Waals surface area contributed by atoms with Crippen molar-refractivity contribution in [2.24, 2.45) is 0 Å². The number of ketones is 1. The van der Waals surface area contributed by atoms with E-state index in [2.05, 4.69) is 20.2 Å². The van der Waals surface area contributed by atoms with Gasteiger partial charge in [0.1, 0.15) is 11.6 Å². The largest absolute Gasteiger partial charge is 0.378 e. The van der Waals surface area contributed by atoms with Crippen LogP contribution in [-0.4, -0.2) is 42.1 Å². The molecule has 0 aliphatic carbocycles. The van der Waals surface area contributed by atoms with Crippen LogP contribution < -0.4 is 10.2 Å². The number of carbonyl (C=O) groups excluding carboxylic acids is 1. The summed E-state index contributed by atoms with van der Waals surface area (Å²) in [6.45, 7) is 3.15. The van der Waals surface area contributed by atoms with Crippen LogP contribution in [0.15, 0.2) is 72.8 Å². The molecule has 32 heavy (non-hydrogen) atoms. The zero-order valence-electron chi connectivity index (χ0n) is 17.3. The number of carbonyl (C=O) groups is 1. The Labute approximate surface area is 184 Å². The molecular formula is C25H21FN4O2. The van der Waals surface area contributed by atoms with Gasteiger partial charge in [-0.1, -0.05) is 30.3 Å². The van der Waals surface area contributed by atoms with Crippen molar-refractivity contribution in [3.05, 3.63) is 90.0 Å². The van der Waals surface area contributed by atoms with Gasteiger partial charge in [-0.05, 0) is 42.5 Å². The number of halogens is 1. The summed E-state index contributed by atoms with van der Waals surface area (Å²) in [5.41, 5.74) is 2.88. The van der Waals surface area contributed by atoms with Crippen molar-refractivity contribution < 1.29 is 13.9 Å². The Morgan fingerprint density at radius 3 is 2.44 bits per heavy atom. The van der Waals surface area contributed by atoms with E-state index in [9.17, 15) is 9.18 Å². The number of fused-ring (bicyclic) bond motifs is 1. The number of ether oxygens (including phenoxy) is 1. The predicted molar refractivity (Wildman–Crippen MR) is 122 cm³/mol. The Hall–Kier alpha value is -3.84. The van der Waals surface area contributed by atoms with Gasteiger partial charge in [0.2, 0.25) is 11.6 Å². The average Bonchev–Trinajstić information content (AvgIpc) is 2.85. The van der Waals surface area contributed by atoms with Gasteiger partial charge < -0.3 is 15.0 Å². The molecule has 0 saturated carbocycles. The van der Waals surface area contributed by atoms with E-state index in [0.717, 1.165) is 37.7 Å². The van der Waals surface area contributed by atoms with E-state index >= 15 is 0 Å². The molecule has 0 spiro atoms. The molecule has 2 heterocycles. The molecule has 0 atom stereocenters. The van der Waals surface area contributed by atoms with E-state index in [1.165, 1.54) is 12.1 Å². The minimum atomic E-state index is -0.394. The van der Waals surface area contributed by atoms with E-state index in [4.69, 9.17) is 4.74 Å². The Bertz CT molecular complexity index is 1260. The molecule has 7 heteroatoms. The molecule has 0 radical (unpaired) electrons. The number of hydrogen-bond acceptors (Lipinski definition) is 6. The molecule has 0 bridgehead atoms. The molecule has 3 aromatic carbocycles. The highest BCUT2D eigenvalue weighted by Crippen LogP contribution is 2.27. The van der Waals surface area contributed by atoms with Crippen molar-refractivity contribution in [3.8, 4) is 0 Å². The second kappa shape index (κ2) is 8.72. The second-order valence-electron chi connectivity index (χ2n) is 7.52. The van der Waals surface area contributed by atoms with Crippen molar-refractivity contribution in [1.82, 2.24) is 9.97 Å².